The van der Waals surface area contributed by atoms with Crippen LogP contribution in [0.4, 0.5) is 0 Å². The second kappa shape index (κ2) is 10.0. The lowest BCUT2D eigenvalue weighted by molar-refractivity contribution is -0.135. The van der Waals surface area contributed by atoms with Gasteiger partial charge in [-0.3, -0.25) is 4.79 Å². The fourth-order valence-electron chi connectivity index (χ4n) is 3.45. The van der Waals surface area contributed by atoms with E-state index >= 15 is 0 Å². The van der Waals surface area contributed by atoms with Gasteiger partial charge in [-0.15, -0.1) is 11.8 Å². The number of rotatable bonds is 6. The van der Waals surface area contributed by atoms with E-state index < -0.39 is 5.97 Å². The van der Waals surface area contributed by atoms with E-state index in [1.54, 1.807) is 28.8 Å². The molecule has 0 N–H and O–H groups in total. The molecule has 0 bridgehead atoms. The number of halogens is 1. The highest BCUT2D eigenvalue weighted by atomic mass is 35.5. The first kappa shape index (κ1) is 21.5. The predicted molar refractivity (Wildman–Crippen MR) is 123 cm³/mol. The van der Waals surface area contributed by atoms with Crippen molar-refractivity contribution in [3.63, 3.8) is 0 Å². The predicted octanol–water partition coefficient (Wildman–Crippen LogP) is 5.37. The van der Waals surface area contributed by atoms with Crippen molar-refractivity contribution in [1.29, 1.82) is 0 Å². The molecule has 0 spiro atoms. The van der Waals surface area contributed by atoms with Gasteiger partial charge in [0.25, 0.3) is 5.91 Å². The van der Waals surface area contributed by atoms with Gasteiger partial charge < -0.3 is 9.64 Å². The second-order valence-corrected chi connectivity index (χ2v) is 8.83. The van der Waals surface area contributed by atoms with E-state index in [2.05, 4.69) is 6.07 Å². The summed E-state index contributed by atoms with van der Waals surface area (Å²) in [7, 11) is 0. The minimum atomic E-state index is -0.484. The molecule has 1 heterocycles. The van der Waals surface area contributed by atoms with Crippen molar-refractivity contribution in [1.82, 2.24) is 4.90 Å². The van der Waals surface area contributed by atoms with Gasteiger partial charge in [-0.1, -0.05) is 48.0 Å². The average Bonchev–Trinajstić information content (AvgIpc) is 2.82. The maximum absolute atomic E-state index is 12.5. The number of esters is 1. The highest BCUT2D eigenvalue weighted by molar-refractivity contribution is 7.98. The van der Waals surface area contributed by atoms with Crippen LogP contribution in [0.15, 0.2) is 77.7 Å². The van der Waals surface area contributed by atoms with Crippen LogP contribution < -0.4 is 0 Å². The zero-order valence-electron chi connectivity index (χ0n) is 16.9. The Balaban J connectivity index is 1.26. The molecule has 6 heteroatoms. The van der Waals surface area contributed by atoms with Crippen LogP contribution >= 0.6 is 23.4 Å². The van der Waals surface area contributed by atoms with Crippen molar-refractivity contribution in [3.8, 4) is 0 Å². The normalized spacial score (nSPS) is 12.9. The molecule has 3 aromatic rings. The molecule has 4 rings (SSSR count). The third kappa shape index (κ3) is 5.69. The largest absolute Gasteiger partial charge is 0.452 e. The van der Waals surface area contributed by atoms with Crippen molar-refractivity contribution < 1.29 is 14.3 Å². The number of hydrogen-bond donors (Lipinski definition) is 0. The summed E-state index contributed by atoms with van der Waals surface area (Å²) in [6.07, 6.45) is 0.825. The minimum Gasteiger partial charge on any atom is -0.452 e. The average molecular weight is 452 g/mol. The van der Waals surface area contributed by atoms with Gasteiger partial charge in [0.2, 0.25) is 0 Å². The number of benzene rings is 3. The van der Waals surface area contributed by atoms with Crippen LogP contribution in [0, 0.1) is 0 Å². The fraction of sp³-hybridized carbons (Fsp3) is 0.200. The third-order valence-electron chi connectivity index (χ3n) is 5.22. The number of hydrogen-bond acceptors (Lipinski definition) is 4. The minimum absolute atomic E-state index is 0.168. The molecule has 0 radical (unpaired) electrons. The standard InChI is InChI=1S/C25H22ClNO3S/c26-22-9-11-23(12-10-22)31-17-18-5-7-20(8-6-18)25(29)30-16-24(28)27-14-13-19-3-1-2-4-21(19)15-27/h1-12H,13-17H2. The third-order valence-corrected chi connectivity index (χ3v) is 6.55. The van der Waals surface area contributed by atoms with Gasteiger partial charge in [0.15, 0.2) is 6.61 Å². The zero-order valence-corrected chi connectivity index (χ0v) is 18.5. The van der Waals surface area contributed by atoms with Crippen molar-refractivity contribution in [3.05, 3.63) is 100 Å². The van der Waals surface area contributed by atoms with Crippen molar-refractivity contribution in [2.24, 2.45) is 0 Å². The summed E-state index contributed by atoms with van der Waals surface area (Å²) in [6.45, 7) is 0.967. The Bertz CT molecular complexity index is 1070. The lowest BCUT2D eigenvalue weighted by Gasteiger charge is -2.28. The van der Waals surface area contributed by atoms with Crippen molar-refractivity contribution in [2.45, 2.75) is 23.6 Å². The van der Waals surface area contributed by atoms with Crippen molar-refractivity contribution in [2.75, 3.05) is 13.2 Å². The summed E-state index contributed by atoms with van der Waals surface area (Å²) in [5, 5.41) is 0.718. The van der Waals surface area contributed by atoms with Crippen LogP contribution in [0.5, 0.6) is 0 Å². The molecule has 0 saturated heterocycles. The number of nitrogens with zero attached hydrogens (tertiary/aromatic N) is 1. The summed E-state index contributed by atoms with van der Waals surface area (Å²) in [5.74, 6) is 0.132. The van der Waals surface area contributed by atoms with E-state index in [0.717, 1.165) is 33.2 Å². The van der Waals surface area contributed by atoms with E-state index in [4.69, 9.17) is 16.3 Å². The van der Waals surface area contributed by atoms with E-state index in [1.807, 2.05) is 54.6 Å². The smallest absolute Gasteiger partial charge is 0.338 e. The highest BCUT2D eigenvalue weighted by Crippen LogP contribution is 2.24. The van der Waals surface area contributed by atoms with Crippen molar-refractivity contribution >= 4 is 35.2 Å². The zero-order chi connectivity index (χ0) is 21.6. The molecule has 1 amide bonds. The Labute approximate surface area is 191 Å². The van der Waals surface area contributed by atoms with E-state index in [9.17, 15) is 9.59 Å². The van der Waals surface area contributed by atoms with Crippen LogP contribution in [0.3, 0.4) is 0 Å². The lowest BCUT2D eigenvalue weighted by Crippen LogP contribution is -2.38. The number of carbonyl (C=O) groups is 2. The fourth-order valence-corrected chi connectivity index (χ4v) is 4.43. The number of fused-ring (bicyclic) bond motifs is 1. The Morgan fingerprint density at radius 2 is 1.65 bits per heavy atom. The molecular weight excluding hydrogens is 430 g/mol. The van der Waals surface area contributed by atoms with Gasteiger partial charge >= 0.3 is 5.97 Å². The Kier molecular flexibility index (Phi) is 6.95. The van der Waals surface area contributed by atoms with Gasteiger partial charge in [0.1, 0.15) is 0 Å². The van der Waals surface area contributed by atoms with E-state index in [-0.39, 0.29) is 12.5 Å². The molecule has 31 heavy (non-hydrogen) atoms. The van der Waals surface area contributed by atoms with Gasteiger partial charge in [-0.2, -0.15) is 0 Å². The second-order valence-electron chi connectivity index (χ2n) is 7.35. The summed E-state index contributed by atoms with van der Waals surface area (Å²) in [4.78, 5) is 27.7. The van der Waals surface area contributed by atoms with Crippen LogP contribution in [0.25, 0.3) is 0 Å². The molecule has 0 saturated carbocycles. The first-order chi connectivity index (χ1) is 15.1. The van der Waals surface area contributed by atoms with Gasteiger partial charge in [0.05, 0.1) is 5.56 Å². The number of thioether (sulfide) groups is 1. The highest BCUT2D eigenvalue weighted by Gasteiger charge is 2.21. The summed E-state index contributed by atoms with van der Waals surface area (Å²) in [5.41, 5.74) is 3.97. The first-order valence-electron chi connectivity index (χ1n) is 10.1. The van der Waals surface area contributed by atoms with Crippen LogP contribution in [-0.4, -0.2) is 29.9 Å². The monoisotopic (exact) mass is 451 g/mol. The summed E-state index contributed by atoms with van der Waals surface area (Å²) < 4.78 is 5.26. The molecule has 0 aromatic heterocycles. The topological polar surface area (TPSA) is 46.6 Å². The molecule has 158 valence electrons. The molecule has 1 aliphatic rings. The molecule has 4 nitrogen and oxygen atoms in total. The number of ether oxygens (including phenoxy) is 1. The van der Waals surface area contributed by atoms with Crippen LogP contribution in [-0.2, 0) is 28.2 Å². The SMILES string of the molecule is O=C(OCC(=O)N1CCc2ccccc2C1)c1ccc(CSc2ccc(Cl)cc2)cc1. The maximum Gasteiger partial charge on any atom is 0.338 e. The van der Waals surface area contributed by atoms with E-state index in [0.29, 0.717) is 18.7 Å². The molecular formula is C25H22ClNO3S. The first-order valence-corrected chi connectivity index (χ1v) is 11.4. The molecule has 0 aliphatic carbocycles. The van der Waals surface area contributed by atoms with Crippen LogP contribution in [0.1, 0.15) is 27.0 Å². The van der Waals surface area contributed by atoms with Gasteiger partial charge in [-0.25, -0.2) is 4.79 Å². The lowest BCUT2D eigenvalue weighted by atomic mass is 10.00. The summed E-state index contributed by atoms with van der Waals surface area (Å²) >= 11 is 7.61. The van der Waals surface area contributed by atoms with E-state index in [1.165, 1.54) is 5.56 Å². The summed E-state index contributed by atoms with van der Waals surface area (Å²) in [6, 6.07) is 23.1. The Morgan fingerprint density at radius 1 is 0.935 bits per heavy atom. The van der Waals surface area contributed by atoms with Crippen LogP contribution in [0.2, 0.25) is 5.02 Å². The number of amides is 1. The maximum atomic E-state index is 12.5. The Hall–Kier alpha value is -2.76. The molecule has 1 aliphatic heterocycles. The molecule has 0 unspecified atom stereocenters. The molecule has 3 aromatic carbocycles. The molecule has 0 fully saturated rings. The molecule has 0 atom stereocenters. The van der Waals surface area contributed by atoms with Gasteiger partial charge in [-0.05, 0) is 59.5 Å². The Morgan fingerprint density at radius 3 is 2.39 bits per heavy atom. The number of carbonyl (C=O) groups excluding carboxylic acids is 2. The quantitative estimate of drug-likeness (QED) is 0.373. The van der Waals surface area contributed by atoms with Gasteiger partial charge in [0, 0.05) is 28.8 Å².